The van der Waals surface area contributed by atoms with Crippen molar-refractivity contribution in [3.05, 3.63) is 22.2 Å². The molecular formula is C21H34BrNO4. The van der Waals surface area contributed by atoms with E-state index in [9.17, 15) is 4.79 Å². The highest BCUT2D eigenvalue weighted by atomic mass is 79.9. The number of carbonyl (C=O) groups is 1. The van der Waals surface area contributed by atoms with Crippen LogP contribution in [-0.4, -0.2) is 31.3 Å². The van der Waals surface area contributed by atoms with Gasteiger partial charge in [0.2, 0.25) is 0 Å². The van der Waals surface area contributed by atoms with Gasteiger partial charge in [-0.1, -0.05) is 20.8 Å². The lowest BCUT2D eigenvalue weighted by Gasteiger charge is -2.33. The third-order valence-electron chi connectivity index (χ3n) is 3.75. The summed E-state index contributed by atoms with van der Waals surface area (Å²) in [5, 5.41) is 3.62. The predicted molar refractivity (Wildman–Crippen MR) is 112 cm³/mol. The second-order valence-electron chi connectivity index (χ2n) is 8.41. The fourth-order valence-corrected chi connectivity index (χ4v) is 3.79. The molecule has 0 aliphatic carbocycles. The number of benzene rings is 1. The van der Waals surface area contributed by atoms with Crippen molar-refractivity contribution >= 4 is 21.9 Å². The monoisotopic (exact) mass is 443 g/mol. The Morgan fingerprint density at radius 2 is 1.74 bits per heavy atom. The molecule has 27 heavy (non-hydrogen) atoms. The highest BCUT2D eigenvalue weighted by Crippen LogP contribution is 2.37. The Labute approximate surface area is 172 Å². The van der Waals surface area contributed by atoms with Gasteiger partial charge in [-0.3, -0.25) is 0 Å². The summed E-state index contributed by atoms with van der Waals surface area (Å²) in [7, 11) is 0. The maximum absolute atomic E-state index is 11.6. The normalized spacial score (nSPS) is 12.0. The average molecular weight is 444 g/mol. The van der Waals surface area contributed by atoms with Crippen LogP contribution in [0.1, 0.15) is 60.5 Å². The van der Waals surface area contributed by atoms with E-state index in [-0.39, 0.29) is 17.6 Å². The summed E-state index contributed by atoms with van der Waals surface area (Å²) in [5.74, 6) is 0.728. The SMILES string of the molecule is CCOC(=O)COc1c(Br)cc(CNC(C)(C)CC(C)(C)C)cc1OCC. The molecule has 0 radical (unpaired) electrons. The molecular weight excluding hydrogens is 410 g/mol. The van der Waals surface area contributed by atoms with Gasteiger partial charge in [-0.05, 0) is 73.2 Å². The smallest absolute Gasteiger partial charge is 0.344 e. The number of esters is 1. The van der Waals surface area contributed by atoms with Crippen LogP contribution < -0.4 is 14.8 Å². The second-order valence-corrected chi connectivity index (χ2v) is 9.26. The Hall–Kier alpha value is -1.27. The van der Waals surface area contributed by atoms with E-state index in [0.29, 0.717) is 31.3 Å². The first-order valence-corrected chi connectivity index (χ1v) is 10.3. The topological polar surface area (TPSA) is 56.8 Å². The summed E-state index contributed by atoms with van der Waals surface area (Å²) < 4.78 is 17.0. The number of rotatable bonds is 10. The molecule has 0 spiro atoms. The zero-order chi connectivity index (χ0) is 20.7. The summed E-state index contributed by atoms with van der Waals surface area (Å²) in [6.45, 7) is 16.2. The number of nitrogens with one attached hydrogen (secondary N) is 1. The van der Waals surface area contributed by atoms with Gasteiger partial charge < -0.3 is 19.5 Å². The molecule has 1 aromatic rings. The lowest BCUT2D eigenvalue weighted by atomic mass is 9.82. The first-order chi connectivity index (χ1) is 12.5. The average Bonchev–Trinajstić information content (AvgIpc) is 2.50. The molecule has 0 saturated carbocycles. The molecule has 1 aromatic carbocycles. The maximum atomic E-state index is 11.6. The largest absolute Gasteiger partial charge is 0.490 e. The summed E-state index contributed by atoms with van der Waals surface area (Å²) in [5.41, 5.74) is 1.34. The van der Waals surface area contributed by atoms with Gasteiger partial charge in [-0.2, -0.15) is 0 Å². The Morgan fingerprint density at radius 3 is 2.30 bits per heavy atom. The summed E-state index contributed by atoms with van der Waals surface area (Å²) in [4.78, 5) is 11.6. The highest BCUT2D eigenvalue weighted by Gasteiger charge is 2.25. The van der Waals surface area contributed by atoms with Crippen LogP contribution in [0.4, 0.5) is 0 Å². The van der Waals surface area contributed by atoms with Gasteiger partial charge in [-0.15, -0.1) is 0 Å². The van der Waals surface area contributed by atoms with Crippen molar-refractivity contribution in [3.8, 4) is 11.5 Å². The molecule has 0 amide bonds. The third-order valence-corrected chi connectivity index (χ3v) is 4.34. The van der Waals surface area contributed by atoms with E-state index in [1.807, 2.05) is 19.1 Å². The minimum atomic E-state index is -0.401. The fourth-order valence-electron chi connectivity index (χ4n) is 3.19. The highest BCUT2D eigenvalue weighted by molar-refractivity contribution is 9.10. The number of hydrogen-bond acceptors (Lipinski definition) is 5. The van der Waals surface area contributed by atoms with Crippen LogP contribution in [0.5, 0.6) is 11.5 Å². The summed E-state index contributed by atoms with van der Waals surface area (Å²) >= 11 is 3.54. The Bertz CT molecular complexity index is 623. The van der Waals surface area contributed by atoms with Crippen molar-refractivity contribution in [1.82, 2.24) is 5.32 Å². The molecule has 0 aliphatic heterocycles. The van der Waals surface area contributed by atoms with Crippen LogP contribution in [0.3, 0.4) is 0 Å². The number of hydrogen-bond donors (Lipinski definition) is 1. The van der Waals surface area contributed by atoms with Crippen molar-refractivity contribution in [2.24, 2.45) is 5.41 Å². The van der Waals surface area contributed by atoms with Crippen molar-refractivity contribution in [2.75, 3.05) is 19.8 Å². The van der Waals surface area contributed by atoms with Crippen molar-refractivity contribution in [3.63, 3.8) is 0 Å². The van der Waals surface area contributed by atoms with Crippen LogP contribution in [0.25, 0.3) is 0 Å². The van der Waals surface area contributed by atoms with Crippen LogP contribution in [0.15, 0.2) is 16.6 Å². The van der Waals surface area contributed by atoms with Gasteiger partial charge in [0.1, 0.15) is 0 Å². The molecule has 1 rings (SSSR count). The molecule has 1 N–H and O–H groups in total. The van der Waals surface area contributed by atoms with Crippen LogP contribution >= 0.6 is 15.9 Å². The van der Waals surface area contributed by atoms with Gasteiger partial charge in [0.25, 0.3) is 0 Å². The fraction of sp³-hybridized carbons (Fsp3) is 0.667. The molecule has 0 bridgehead atoms. The van der Waals surface area contributed by atoms with Gasteiger partial charge in [-0.25, -0.2) is 4.79 Å². The summed E-state index contributed by atoms with van der Waals surface area (Å²) in [6.07, 6.45) is 1.06. The zero-order valence-corrected chi connectivity index (χ0v) is 19.3. The molecule has 0 saturated heterocycles. The molecule has 0 aliphatic rings. The number of carbonyl (C=O) groups excluding carboxylic acids is 1. The molecule has 0 fully saturated rings. The Kier molecular flexibility index (Phi) is 9.09. The molecule has 0 unspecified atom stereocenters. The molecule has 0 heterocycles. The summed E-state index contributed by atoms with van der Waals surface area (Å²) in [6, 6.07) is 3.94. The lowest BCUT2D eigenvalue weighted by Crippen LogP contribution is -2.41. The lowest BCUT2D eigenvalue weighted by molar-refractivity contribution is -0.145. The first kappa shape index (κ1) is 23.8. The van der Waals surface area contributed by atoms with E-state index in [1.54, 1.807) is 6.92 Å². The van der Waals surface area contributed by atoms with E-state index < -0.39 is 5.97 Å². The number of halogens is 1. The van der Waals surface area contributed by atoms with Gasteiger partial charge in [0.05, 0.1) is 17.7 Å². The van der Waals surface area contributed by atoms with Crippen molar-refractivity contribution in [1.29, 1.82) is 0 Å². The predicted octanol–water partition coefficient (Wildman–Crippen LogP) is 5.09. The second kappa shape index (κ2) is 10.3. The Balaban J connectivity index is 2.90. The minimum absolute atomic E-state index is 0.00951. The quantitative estimate of drug-likeness (QED) is 0.510. The zero-order valence-electron chi connectivity index (χ0n) is 17.7. The number of ether oxygens (including phenoxy) is 3. The standard InChI is InChI=1S/C21H34BrNO4/c1-8-25-17-11-15(12-23-21(6,7)14-20(3,4)5)10-16(22)19(17)27-13-18(24)26-9-2/h10-11,23H,8-9,12-14H2,1-7H3. The molecule has 0 aromatic heterocycles. The van der Waals surface area contributed by atoms with E-state index in [1.165, 1.54) is 0 Å². The van der Waals surface area contributed by atoms with Crippen LogP contribution in [0, 0.1) is 5.41 Å². The van der Waals surface area contributed by atoms with Crippen molar-refractivity contribution in [2.45, 2.75) is 67.0 Å². The minimum Gasteiger partial charge on any atom is -0.490 e. The molecule has 154 valence electrons. The van der Waals surface area contributed by atoms with Gasteiger partial charge in [0.15, 0.2) is 18.1 Å². The first-order valence-electron chi connectivity index (χ1n) is 9.46. The third kappa shape index (κ3) is 8.98. The molecule has 6 heteroatoms. The van der Waals surface area contributed by atoms with Gasteiger partial charge >= 0.3 is 5.97 Å². The van der Waals surface area contributed by atoms with Gasteiger partial charge in [0, 0.05) is 12.1 Å². The molecule has 0 atom stereocenters. The van der Waals surface area contributed by atoms with E-state index in [2.05, 4.69) is 55.9 Å². The van der Waals surface area contributed by atoms with E-state index >= 15 is 0 Å². The maximum Gasteiger partial charge on any atom is 0.344 e. The van der Waals surface area contributed by atoms with Crippen LogP contribution in [0.2, 0.25) is 0 Å². The van der Waals surface area contributed by atoms with Crippen molar-refractivity contribution < 1.29 is 19.0 Å². The van der Waals surface area contributed by atoms with Crippen LogP contribution in [-0.2, 0) is 16.1 Å². The van der Waals surface area contributed by atoms with E-state index in [0.717, 1.165) is 16.5 Å². The van der Waals surface area contributed by atoms with E-state index in [4.69, 9.17) is 14.2 Å². The Morgan fingerprint density at radius 1 is 1.07 bits per heavy atom. The molecule has 5 nitrogen and oxygen atoms in total.